The third-order valence-electron chi connectivity index (χ3n) is 3.89. The number of para-hydroxylation sites is 1. The zero-order valence-electron chi connectivity index (χ0n) is 13.0. The average molecular weight is 321 g/mol. The second kappa shape index (κ2) is 5.73. The van der Waals surface area contributed by atoms with E-state index >= 15 is 0 Å². The van der Waals surface area contributed by atoms with Crippen LogP contribution in [0.3, 0.4) is 0 Å². The maximum atomic E-state index is 12.6. The van der Waals surface area contributed by atoms with E-state index in [-0.39, 0.29) is 5.91 Å². The van der Waals surface area contributed by atoms with Gasteiger partial charge >= 0.3 is 0 Å². The lowest BCUT2D eigenvalue weighted by molar-refractivity contribution is 0.0997. The summed E-state index contributed by atoms with van der Waals surface area (Å²) in [6.45, 7) is 2.32. The second-order valence-electron chi connectivity index (χ2n) is 5.46. The lowest BCUT2D eigenvalue weighted by atomic mass is 10.1. The van der Waals surface area contributed by atoms with Crippen molar-refractivity contribution in [2.45, 2.75) is 13.5 Å². The number of aryl methyl sites for hydroxylation is 1. The highest BCUT2D eigenvalue weighted by Crippen LogP contribution is 2.25. The minimum Gasteiger partial charge on any atom is -0.467 e. The van der Waals surface area contributed by atoms with E-state index in [1.165, 1.54) is 0 Å². The van der Waals surface area contributed by atoms with Gasteiger partial charge in [0.1, 0.15) is 23.7 Å². The number of nitrogens with one attached hydrogen (secondary N) is 1. The number of aromatic nitrogens is 2. The van der Waals surface area contributed by atoms with Gasteiger partial charge in [-0.3, -0.25) is 4.79 Å². The molecule has 0 radical (unpaired) electrons. The largest absolute Gasteiger partial charge is 0.467 e. The van der Waals surface area contributed by atoms with Crippen LogP contribution in [-0.2, 0) is 6.54 Å². The fraction of sp³-hybridized carbons (Fsp3) is 0.111. The predicted molar refractivity (Wildman–Crippen MR) is 88.9 cm³/mol. The highest BCUT2D eigenvalue weighted by Gasteiger charge is 2.19. The van der Waals surface area contributed by atoms with Crippen molar-refractivity contribution >= 4 is 22.7 Å². The highest BCUT2D eigenvalue weighted by molar-refractivity contribution is 6.06. The molecule has 6 heteroatoms. The first-order chi connectivity index (χ1) is 11.7. The molecule has 0 saturated heterocycles. The summed E-state index contributed by atoms with van der Waals surface area (Å²) in [6, 6.07) is 13.0. The molecule has 1 N–H and O–H groups in total. The Morgan fingerprint density at radius 2 is 2.08 bits per heavy atom. The Labute approximate surface area is 137 Å². The summed E-state index contributed by atoms with van der Waals surface area (Å²) < 4.78 is 12.7. The van der Waals surface area contributed by atoms with Crippen LogP contribution in [0.15, 0.2) is 63.8 Å². The van der Waals surface area contributed by atoms with Gasteiger partial charge in [-0.05, 0) is 25.1 Å². The molecule has 0 bridgehead atoms. The molecule has 0 unspecified atom stereocenters. The minimum atomic E-state index is -0.301. The quantitative estimate of drug-likeness (QED) is 0.620. The van der Waals surface area contributed by atoms with Crippen LogP contribution in [-0.4, -0.2) is 15.7 Å². The SMILES string of the molecule is Cc1c(C(=O)Nc2ccnn2Cc2ccco2)oc2ccccc12. The van der Waals surface area contributed by atoms with Crippen molar-refractivity contribution in [2.24, 2.45) is 0 Å². The smallest absolute Gasteiger partial charge is 0.292 e. The summed E-state index contributed by atoms with van der Waals surface area (Å²) in [5, 5.41) is 8.00. The molecule has 4 aromatic rings. The molecule has 0 aliphatic carbocycles. The Morgan fingerprint density at radius 1 is 1.21 bits per heavy atom. The van der Waals surface area contributed by atoms with Crippen LogP contribution in [0.1, 0.15) is 21.9 Å². The van der Waals surface area contributed by atoms with Crippen LogP contribution in [0.4, 0.5) is 5.82 Å². The molecule has 0 atom stereocenters. The zero-order valence-corrected chi connectivity index (χ0v) is 13.0. The van der Waals surface area contributed by atoms with Gasteiger partial charge in [0, 0.05) is 17.0 Å². The maximum absolute atomic E-state index is 12.6. The third-order valence-corrected chi connectivity index (χ3v) is 3.89. The number of rotatable bonds is 4. The van der Waals surface area contributed by atoms with E-state index in [1.807, 2.05) is 43.3 Å². The average Bonchev–Trinajstić information content (AvgIpc) is 3.31. The first kappa shape index (κ1) is 14.3. The molecule has 4 rings (SSSR count). The van der Waals surface area contributed by atoms with E-state index in [2.05, 4.69) is 10.4 Å². The maximum Gasteiger partial charge on any atom is 0.292 e. The van der Waals surface area contributed by atoms with Gasteiger partial charge in [0.2, 0.25) is 0 Å². The number of carbonyl (C=O) groups excluding carboxylic acids is 1. The highest BCUT2D eigenvalue weighted by atomic mass is 16.3. The summed E-state index contributed by atoms with van der Waals surface area (Å²) in [6.07, 6.45) is 3.24. The minimum absolute atomic E-state index is 0.301. The Kier molecular flexibility index (Phi) is 3.42. The van der Waals surface area contributed by atoms with Crippen molar-refractivity contribution in [2.75, 3.05) is 5.32 Å². The fourth-order valence-corrected chi connectivity index (χ4v) is 2.68. The van der Waals surface area contributed by atoms with E-state index in [0.29, 0.717) is 23.7 Å². The molecular weight excluding hydrogens is 306 g/mol. The van der Waals surface area contributed by atoms with Gasteiger partial charge in [0.15, 0.2) is 5.76 Å². The van der Waals surface area contributed by atoms with Crippen LogP contribution in [0.5, 0.6) is 0 Å². The molecule has 3 heterocycles. The number of hydrogen-bond donors (Lipinski definition) is 1. The van der Waals surface area contributed by atoms with Crippen molar-refractivity contribution in [1.82, 2.24) is 9.78 Å². The van der Waals surface area contributed by atoms with Crippen molar-refractivity contribution < 1.29 is 13.6 Å². The van der Waals surface area contributed by atoms with E-state index in [1.54, 1.807) is 23.2 Å². The van der Waals surface area contributed by atoms with Gasteiger partial charge in [-0.25, -0.2) is 4.68 Å². The first-order valence-corrected chi connectivity index (χ1v) is 7.56. The third kappa shape index (κ3) is 2.48. The van der Waals surface area contributed by atoms with E-state index < -0.39 is 0 Å². The number of furan rings is 2. The number of fused-ring (bicyclic) bond motifs is 1. The van der Waals surface area contributed by atoms with Gasteiger partial charge in [-0.15, -0.1) is 0 Å². The number of hydrogen-bond acceptors (Lipinski definition) is 4. The van der Waals surface area contributed by atoms with Crippen molar-refractivity contribution in [3.05, 3.63) is 72.0 Å². The molecule has 0 aliphatic rings. The van der Waals surface area contributed by atoms with E-state index in [4.69, 9.17) is 8.83 Å². The Balaban J connectivity index is 1.60. The molecule has 120 valence electrons. The van der Waals surface area contributed by atoms with E-state index in [0.717, 1.165) is 16.7 Å². The van der Waals surface area contributed by atoms with Crippen LogP contribution >= 0.6 is 0 Å². The summed E-state index contributed by atoms with van der Waals surface area (Å²) in [4.78, 5) is 12.6. The molecule has 1 amide bonds. The lowest BCUT2D eigenvalue weighted by Crippen LogP contribution is -2.16. The number of anilines is 1. The second-order valence-corrected chi connectivity index (χ2v) is 5.46. The summed E-state index contributed by atoms with van der Waals surface area (Å²) in [7, 11) is 0. The van der Waals surface area contributed by atoms with Crippen LogP contribution in [0, 0.1) is 6.92 Å². The molecule has 6 nitrogen and oxygen atoms in total. The summed E-state index contributed by atoms with van der Waals surface area (Å²) in [5.74, 6) is 1.34. The van der Waals surface area contributed by atoms with E-state index in [9.17, 15) is 4.79 Å². The lowest BCUT2D eigenvalue weighted by Gasteiger charge is -2.07. The van der Waals surface area contributed by atoms with Crippen molar-refractivity contribution in [3.63, 3.8) is 0 Å². The Hall–Kier alpha value is -3.28. The van der Waals surface area contributed by atoms with Crippen molar-refractivity contribution in [1.29, 1.82) is 0 Å². The van der Waals surface area contributed by atoms with Crippen LogP contribution in [0.2, 0.25) is 0 Å². The van der Waals surface area contributed by atoms with Gasteiger partial charge in [-0.1, -0.05) is 18.2 Å². The van der Waals surface area contributed by atoms with Crippen LogP contribution in [0.25, 0.3) is 11.0 Å². The predicted octanol–water partition coefficient (Wildman–Crippen LogP) is 3.83. The molecule has 24 heavy (non-hydrogen) atoms. The number of benzene rings is 1. The summed E-state index contributed by atoms with van der Waals surface area (Å²) >= 11 is 0. The Morgan fingerprint density at radius 3 is 2.88 bits per heavy atom. The van der Waals surface area contributed by atoms with Gasteiger partial charge in [0.25, 0.3) is 5.91 Å². The first-order valence-electron chi connectivity index (χ1n) is 7.56. The molecule has 0 aliphatic heterocycles. The van der Waals surface area contributed by atoms with Crippen molar-refractivity contribution in [3.8, 4) is 0 Å². The molecule has 0 fully saturated rings. The number of carbonyl (C=O) groups is 1. The molecule has 1 aromatic carbocycles. The molecule has 3 aromatic heterocycles. The van der Waals surface area contributed by atoms with Gasteiger partial charge < -0.3 is 14.2 Å². The zero-order chi connectivity index (χ0) is 16.5. The normalized spacial score (nSPS) is 11.0. The standard InChI is InChI=1S/C18H15N3O3/c1-12-14-6-2-3-7-15(14)24-17(12)18(22)20-16-8-9-19-21(16)11-13-5-4-10-23-13/h2-10H,11H2,1H3,(H,20,22). The fourth-order valence-electron chi connectivity index (χ4n) is 2.68. The number of nitrogens with zero attached hydrogens (tertiary/aromatic N) is 2. The Bertz CT molecular complexity index is 996. The molecular formula is C18H15N3O3. The number of amides is 1. The molecule has 0 spiro atoms. The van der Waals surface area contributed by atoms with Gasteiger partial charge in [0.05, 0.1) is 12.5 Å². The molecule has 0 saturated carbocycles. The summed E-state index contributed by atoms with van der Waals surface area (Å²) in [5.41, 5.74) is 1.52. The topological polar surface area (TPSA) is 73.2 Å². The van der Waals surface area contributed by atoms with Crippen LogP contribution < -0.4 is 5.32 Å². The monoisotopic (exact) mass is 321 g/mol. The van der Waals surface area contributed by atoms with Gasteiger partial charge in [-0.2, -0.15) is 5.10 Å².